The van der Waals surface area contributed by atoms with Gasteiger partial charge in [0.05, 0.1) is 12.0 Å². The number of benzene rings is 2. The first-order valence-electron chi connectivity index (χ1n) is 9.36. The molecule has 0 radical (unpaired) electrons. The molecule has 0 heterocycles. The third-order valence-corrected chi connectivity index (χ3v) is 4.92. The highest BCUT2D eigenvalue weighted by Crippen LogP contribution is 2.32. The molecule has 25 heavy (non-hydrogen) atoms. The van der Waals surface area contributed by atoms with Crippen LogP contribution in [-0.4, -0.2) is 24.5 Å². The Morgan fingerprint density at radius 2 is 1.84 bits per heavy atom. The zero-order valence-corrected chi connectivity index (χ0v) is 16.0. The molecule has 2 rings (SSSR count). The predicted octanol–water partition coefficient (Wildman–Crippen LogP) is 5.69. The molecule has 0 spiro atoms. The van der Waals surface area contributed by atoms with Gasteiger partial charge in [-0.15, -0.1) is 0 Å². The van der Waals surface area contributed by atoms with Gasteiger partial charge in [0.2, 0.25) is 0 Å². The molecule has 1 unspecified atom stereocenters. The van der Waals surface area contributed by atoms with E-state index in [1.807, 2.05) is 0 Å². The lowest BCUT2D eigenvalue weighted by molar-refractivity contribution is 0.296. The fourth-order valence-corrected chi connectivity index (χ4v) is 3.37. The summed E-state index contributed by atoms with van der Waals surface area (Å²) in [5, 5.41) is 12.4. The van der Waals surface area contributed by atoms with Crippen molar-refractivity contribution in [3.63, 3.8) is 0 Å². The second-order valence-corrected chi connectivity index (χ2v) is 6.84. The zero-order valence-electron chi connectivity index (χ0n) is 16.0. The lowest BCUT2D eigenvalue weighted by atomic mass is 9.86. The van der Waals surface area contributed by atoms with Crippen LogP contribution in [0, 0.1) is 11.3 Å². The molecule has 132 valence electrons. The number of nitrogens with zero attached hydrogens (tertiary/aromatic N) is 2. The highest BCUT2D eigenvalue weighted by atomic mass is 15.1. The van der Waals surface area contributed by atoms with E-state index in [-0.39, 0.29) is 5.92 Å². The van der Waals surface area contributed by atoms with Crippen LogP contribution in [-0.2, 0) is 6.42 Å². The Bertz CT molecular complexity index is 759. The highest BCUT2D eigenvalue weighted by Gasteiger charge is 2.18. The number of rotatable bonds is 8. The summed E-state index contributed by atoms with van der Waals surface area (Å²) in [6, 6.07) is 15.4. The molecule has 0 aliphatic rings. The summed E-state index contributed by atoms with van der Waals surface area (Å²) in [6.07, 6.45) is 4.03. The quantitative estimate of drug-likeness (QED) is 0.580. The molecule has 0 fully saturated rings. The van der Waals surface area contributed by atoms with Crippen molar-refractivity contribution < 1.29 is 0 Å². The molecule has 0 saturated carbocycles. The molecule has 0 aliphatic heterocycles. The van der Waals surface area contributed by atoms with Crippen molar-refractivity contribution in [1.82, 2.24) is 4.90 Å². The number of nitriles is 1. The van der Waals surface area contributed by atoms with Gasteiger partial charge in [-0.2, -0.15) is 5.26 Å². The number of fused-ring (bicyclic) bond motifs is 1. The standard InChI is InChI=1S/C23H30N2/c1-5-25(6-2)16-15-21(17-24)23-20(12-11-18(3)4)14-13-19-9-7-8-10-22(19)23/h7-11,13-14,21H,5-6,12,15-16H2,1-4H3. The van der Waals surface area contributed by atoms with Gasteiger partial charge >= 0.3 is 0 Å². The first kappa shape index (κ1) is 19.2. The van der Waals surface area contributed by atoms with Crippen LogP contribution in [0.1, 0.15) is 51.2 Å². The monoisotopic (exact) mass is 334 g/mol. The van der Waals surface area contributed by atoms with E-state index in [1.165, 1.54) is 27.5 Å². The van der Waals surface area contributed by atoms with Crippen molar-refractivity contribution in [2.24, 2.45) is 0 Å². The number of hydrogen-bond donors (Lipinski definition) is 0. The summed E-state index contributed by atoms with van der Waals surface area (Å²) >= 11 is 0. The van der Waals surface area contributed by atoms with Crippen molar-refractivity contribution in [2.45, 2.75) is 46.5 Å². The second kappa shape index (κ2) is 9.39. The minimum atomic E-state index is -0.0627. The molecule has 0 saturated heterocycles. The summed E-state index contributed by atoms with van der Waals surface area (Å²) in [6.45, 7) is 11.7. The van der Waals surface area contributed by atoms with Gasteiger partial charge in [-0.25, -0.2) is 0 Å². The van der Waals surface area contributed by atoms with E-state index < -0.39 is 0 Å². The molecule has 2 aromatic rings. The van der Waals surface area contributed by atoms with Crippen LogP contribution in [0.5, 0.6) is 0 Å². The SMILES string of the molecule is CCN(CC)CCC(C#N)c1c(CC=C(C)C)ccc2ccccc12. The molecule has 0 amide bonds. The Balaban J connectivity index is 2.45. The maximum absolute atomic E-state index is 9.92. The van der Waals surface area contributed by atoms with Crippen LogP contribution in [0.2, 0.25) is 0 Å². The van der Waals surface area contributed by atoms with Gasteiger partial charge in [0.1, 0.15) is 0 Å². The number of allylic oxidation sites excluding steroid dienone is 2. The van der Waals surface area contributed by atoms with Crippen LogP contribution in [0.15, 0.2) is 48.0 Å². The molecule has 0 N–H and O–H groups in total. The van der Waals surface area contributed by atoms with Crippen molar-refractivity contribution in [1.29, 1.82) is 5.26 Å². The van der Waals surface area contributed by atoms with Gasteiger partial charge in [-0.3, -0.25) is 0 Å². The third-order valence-electron chi connectivity index (χ3n) is 4.92. The molecule has 0 bridgehead atoms. The Morgan fingerprint density at radius 3 is 2.48 bits per heavy atom. The molecule has 0 aromatic heterocycles. The van der Waals surface area contributed by atoms with E-state index in [9.17, 15) is 5.26 Å². The summed E-state index contributed by atoms with van der Waals surface area (Å²) in [7, 11) is 0. The molecular weight excluding hydrogens is 304 g/mol. The van der Waals surface area contributed by atoms with Crippen LogP contribution < -0.4 is 0 Å². The van der Waals surface area contributed by atoms with Crippen molar-refractivity contribution in [2.75, 3.05) is 19.6 Å². The van der Waals surface area contributed by atoms with Crippen LogP contribution in [0.3, 0.4) is 0 Å². The predicted molar refractivity (Wildman–Crippen MR) is 108 cm³/mol. The van der Waals surface area contributed by atoms with Gasteiger partial charge < -0.3 is 4.90 Å². The highest BCUT2D eigenvalue weighted by molar-refractivity contribution is 5.87. The summed E-state index contributed by atoms with van der Waals surface area (Å²) in [5.41, 5.74) is 3.83. The van der Waals surface area contributed by atoms with Gasteiger partial charge in [0, 0.05) is 0 Å². The largest absolute Gasteiger partial charge is 0.304 e. The van der Waals surface area contributed by atoms with E-state index in [1.54, 1.807) is 0 Å². The Morgan fingerprint density at radius 1 is 1.12 bits per heavy atom. The first-order chi connectivity index (χ1) is 12.1. The Labute approximate surface area is 152 Å². The summed E-state index contributed by atoms with van der Waals surface area (Å²) < 4.78 is 0. The van der Waals surface area contributed by atoms with Gasteiger partial charge in [0.15, 0.2) is 0 Å². The molecule has 2 nitrogen and oxygen atoms in total. The fourth-order valence-electron chi connectivity index (χ4n) is 3.37. The van der Waals surface area contributed by atoms with Gasteiger partial charge in [0.25, 0.3) is 0 Å². The molecule has 2 heteroatoms. The van der Waals surface area contributed by atoms with E-state index in [4.69, 9.17) is 0 Å². The van der Waals surface area contributed by atoms with Gasteiger partial charge in [-0.05, 0) is 68.2 Å². The smallest absolute Gasteiger partial charge is 0.0733 e. The minimum Gasteiger partial charge on any atom is -0.304 e. The summed E-state index contributed by atoms with van der Waals surface area (Å²) in [5.74, 6) is -0.0627. The van der Waals surface area contributed by atoms with Crippen LogP contribution in [0.25, 0.3) is 10.8 Å². The van der Waals surface area contributed by atoms with E-state index in [2.05, 4.69) is 81.1 Å². The van der Waals surface area contributed by atoms with Gasteiger partial charge in [-0.1, -0.05) is 61.9 Å². The third kappa shape index (κ3) is 4.94. The zero-order chi connectivity index (χ0) is 18.2. The lowest BCUT2D eigenvalue weighted by Gasteiger charge is -2.22. The Hall–Kier alpha value is -2.11. The van der Waals surface area contributed by atoms with Crippen molar-refractivity contribution >= 4 is 10.8 Å². The first-order valence-corrected chi connectivity index (χ1v) is 9.36. The average Bonchev–Trinajstić information content (AvgIpc) is 2.63. The maximum Gasteiger partial charge on any atom is 0.0733 e. The van der Waals surface area contributed by atoms with Crippen LogP contribution >= 0.6 is 0 Å². The normalized spacial score (nSPS) is 12.2. The summed E-state index contributed by atoms with van der Waals surface area (Å²) in [4.78, 5) is 2.39. The van der Waals surface area contributed by atoms with E-state index in [0.29, 0.717) is 0 Å². The maximum atomic E-state index is 9.92. The second-order valence-electron chi connectivity index (χ2n) is 6.84. The Kier molecular flexibility index (Phi) is 7.22. The molecule has 2 aromatic carbocycles. The lowest BCUT2D eigenvalue weighted by Crippen LogP contribution is -2.25. The molecular formula is C23H30N2. The van der Waals surface area contributed by atoms with E-state index >= 15 is 0 Å². The van der Waals surface area contributed by atoms with Crippen LogP contribution in [0.4, 0.5) is 0 Å². The molecule has 1 atom stereocenters. The number of hydrogen-bond acceptors (Lipinski definition) is 2. The van der Waals surface area contributed by atoms with Crippen molar-refractivity contribution in [3.05, 3.63) is 59.2 Å². The van der Waals surface area contributed by atoms with E-state index in [0.717, 1.165) is 32.5 Å². The van der Waals surface area contributed by atoms with Crippen molar-refractivity contribution in [3.8, 4) is 6.07 Å². The molecule has 0 aliphatic carbocycles. The average molecular weight is 335 g/mol. The minimum absolute atomic E-state index is 0.0627. The topological polar surface area (TPSA) is 27.0 Å². The fraction of sp³-hybridized carbons (Fsp3) is 0.435.